The van der Waals surface area contributed by atoms with Gasteiger partial charge in [0.15, 0.2) is 0 Å². The first-order valence-electron chi connectivity index (χ1n) is 8.89. The number of halogens is 1. The van der Waals surface area contributed by atoms with Gasteiger partial charge >= 0.3 is 5.69 Å². The Labute approximate surface area is 156 Å². The van der Waals surface area contributed by atoms with Gasteiger partial charge in [-0.2, -0.15) is 5.10 Å². The van der Waals surface area contributed by atoms with E-state index in [1.54, 1.807) is 0 Å². The van der Waals surface area contributed by atoms with Gasteiger partial charge in [-0.25, -0.2) is 0 Å². The molecule has 0 saturated heterocycles. The maximum absolute atomic E-state index is 11.3. The smallest absolute Gasteiger partial charge is 0.272 e. The predicted octanol–water partition coefficient (Wildman–Crippen LogP) is 3.42. The zero-order valence-corrected chi connectivity index (χ0v) is 15.1. The van der Waals surface area contributed by atoms with E-state index in [1.807, 2.05) is 0 Å². The number of hydrogen-bond donors (Lipinski definition) is 1. The van der Waals surface area contributed by atoms with Crippen molar-refractivity contribution in [2.45, 2.75) is 11.2 Å². The highest BCUT2D eigenvalue weighted by Gasteiger charge is 2.82. The van der Waals surface area contributed by atoms with Crippen LogP contribution in [0.5, 0.6) is 0 Å². The number of alkyl halides is 1. The van der Waals surface area contributed by atoms with Crippen molar-refractivity contribution >= 4 is 38.7 Å². The van der Waals surface area contributed by atoms with Crippen molar-refractivity contribution in [1.29, 1.82) is 0 Å². The summed E-state index contributed by atoms with van der Waals surface area (Å²) in [6.45, 7) is 0. The summed E-state index contributed by atoms with van der Waals surface area (Å²) in [6.07, 6.45) is 1.32. The Morgan fingerprint density at radius 2 is 1.81 bits per heavy atom. The maximum atomic E-state index is 11.3. The van der Waals surface area contributed by atoms with Gasteiger partial charge in [0.1, 0.15) is 5.69 Å². The molecule has 1 aromatic rings. The molecule has 0 spiro atoms. The summed E-state index contributed by atoms with van der Waals surface area (Å²) in [4.78, 5) is 21.5. The van der Waals surface area contributed by atoms with Crippen LogP contribution in [-0.2, 0) is 0 Å². The normalized spacial score (nSPS) is 46.8. The number of hydrazone groups is 1. The molecule has 0 heterocycles. The number of nitro groups is 2. The third-order valence-electron chi connectivity index (χ3n) is 7.73. The monoisotopic (exact) mass is 418 g/mol. The molecule has 8 nitrogen and oxygen atoms in total. The highest BCUT2D eigenvalue weighted by molar-refractivity contribution is 9.09. The number of rotatable bonds is 4. The lowest BCUT2D eigenvalue weighted by atomic mass is 9.71. The molecule has 0 radical (unpaired) electrons. The topological polar surface area (TPSA) is 111 Å². The zero-order chi connectivity index (χ0) is 17.9. The highest BCUT2D eigenvalue weighted by Crippen LogP contribution is 2.82. The fourth-order valence-electron chi connectivity index (χ4n) is 7.38. The van der Waals surface area contributed by atoms with E-state index < -0.39 is 9.85 Å². The highest BCUT2D eigenvalue weighted by atomic mass is 79.9. The van der Waals surface area contributed by atoms with Crippen molar-refractivity contribution in [2.75, 3.05) is 5.43 Å². The van der Waals surface area contributed by atoms with Crippen molar-refractivity contribution in [3.8, 4) is 0 Å². The van der Waals surface area contributed by atoms with Gasteiger partial charge in [-0.1, -0.05) is 15.9 Å². The number of nitrogens with zero attached hydrogens (tertiary/aromatic N) is 3. The van der Waals surface area contributed by atoms with Crippen LogP contribution in [0.3, 0.4) is 0 Å². The molecule has 6 fully saturated rings. The van der Waals surface area contributed by atoms with Gasteiger partial charge in [0.05, 0.1) is 15.9 Å². The van der Waals surface area contributed by atoms with E-state index in [0.29, 0.717) is 22.6 Å². The molecule has 1 N–H and O–H groups in total. The minimum atomic E-state index is -0.631. The summed E-state index contributed by atoms with van der Waals surface area (Å²) in [5.74, 6) is 5.54. The molecular formula is C17H15BrN4O4. The summed E-state index contributed by atoms with van der Waals surface area (Å²) in [7, 11) is 0. The first-order valence-corrected chi connectivity index (χ1v) is 9.81. The second-order valence-corrected chi connectivity index (χ2v) is 9.29. The Kier molecular flexibility index (Phi) is 2.68. The molecule has 6 aliphatic rings. The van der Waals surface area contributed by atoms with E-state index in [0.717, 1.165) is 35.7 Å². The van der Waals surface area contributed by atoms with Crippen LogP contribution in [0.1, 0.15) is 6.42 Å². The van der Waals surface area contributed by atoms with Crippen LogP contribution < -0.4 is 5.43 Å². The molecule has 9 unspecified atom stereocenters. The van der Waals surface area contributed by atoms with Crippen LogP contribution in [0.2, 0.25) is 0 Å². The van der Waals surface area contributed by atoms with Crippen molar-refractivity contribution < 1.29 is 9.85 Å². The number of anilines is 1. The van der Waals surface area contributed by atoms with Crippen LogP contribution in [0.4, 0.5) is 17.1 Å². The van der Waals surface area contributed by atoms with Crippen LogP contribution in [-0.4, -0.2) is 20.4 Å². The first kappa shape index (κ1) is 15.1. The molecule has 6 bridgehead atoms. The Morgan fingerprint density at radius 3 is 2.50 bits per heavy atom. The Morgan fingerprint density at radius 1 is 1.04 bits per heavy atom. The van der Waals surface area contributed by atoms with Gasteiger partial charge in [-0.15, -0.1) is 0 Å². The molecule has 1 aromatic carbocycles. The van der Waals surface area contributed by atoms with E-state index in [9.17, 15) is 20.2 Å². The van der Waals surface area contributed by atoms with Crippen molar-refractivity contribution in [3.05, 3.63) is 38.4 Å². The molecule has 7 rings (SSSR count). The number of non-ortho nitro benzene ring substituents is 1. The third kappa shape index (κ3) is 1.51. The predicted molar refractivity (Wildman–Crippen MR) is 96.1 cm³/mol. The zero-order valence-electron chi connectivity index (χ0n) is 13.5. The SMILES string of the molecule is O=[N+]([O-])c1ccc(N/N=C2/C3C4C(Br)C5C6CC(C2C64)C35)c([N+](=O)[O-])c1. The van der Waals surface area contributed by atoms with Gasteiger partial charge in [-0.3, -0.25) is 25.7 Å². The molecule has 134 valence electrons. The minimum Gasteiger partial charge on any atom is -0.272 e. The van der Waals surface area contributed by atoms with E-state index in [1.165, 1.54) is 24.3 Å². The number of benzene rings is 1. The third-order valence-corrected chi connectivity index (χ3v) is 8.96. The van der Waals surface area contributed by atoms with Gasteiger partial charge in [0, 0.05) is 28.4 Å². The van der Waals surface area contributed by atoms with E-state index in [2.05, 4.69) is 26.5 Å². The quantitative estimate of drug-likeness (QED) is 0.457. The molecule has 0 aliphatic heterocycles. The van der Waals surface area contributed by atoms with Crippen molar-refractivity contribution in [3.63, 3.8) is 0 Å². The summed E-state index contributed by atoms with van der Waals surface area (Å²) in [5.41, 5.74) is 3.66. The lowest BCUT2D eigenvalue weighted by molar-refractivity contribution is -0.393. The first-order chi connectivity index (χ1) is 12.5. The second kappa shape index (κ2) is 4.62. The largest absolute Gasteiger partial charge is 0.301 e. The number of nitro benzene ring substituents is 2. The summed E-state index contributed by atoms with van der Waals surface area (Å²) < 4.78 is 0. The number of nitrogens with one attached hydrogen (secondary N) is 1. The van der Waals surface area contributed by atoms with Crippen LogP contribution in [0, 0.1) is 67.6 Å². The Bertz CT molecular complexity index is 918. The molecule has 0 amide bonds. The Hall–Kier alpha value is -2.03. The molecular weight excluding hydrogens is 404 g/mol. The van der Waals surface area contributed by atoms with Gasteiger partial charge in [-0.05, 0) is 48.0 Å². The van der Waals surface area contributed by atoms with Crippen LogP contribution >= 0.6 is 15.9 Å². The van der Waals surface area contributed by atoms with Crippen molar-refractivity contribution in [2.24, 2.45) is 52.4 Å². The maximum Gasteiger partial charge on any atom is 0.301 e. The van der Waals surface area contributed by atoms with E-state index in [-0.39, 0.29) is 17.1 Å². The standard InChI is InChI=1S/C17H15BrN4O4/c18-16-12-6-4-7-10(12)15-14(16)11(6)13(7)17(15)20-19-8-2-1-5(21(23)24)3-9(8)22(25)26/h1-3,6-7,10-16,19H,4H2/b20-17+. The Balaban J connectivity index is 1.35. The van der Waals surface area contributed by atoms with E-state index in [4.69, 9.17) is 0 Å². The van der Waals surface area contributed by atoms with Crippen LogP contribution in [0.25, 0.3) is 0 Å². The summed E-state index contributed by atoms with van der Waals surface area (Å²) >= 11 is 3.93. The average molecular weight is 419 g/mol. The lowest BCUT2D eigenvalue weighted by Gasteiger charge is -2.32. The molecule has 0 aromatic heterocycles. The van der Waals surface area contributed by atoms with Crippen LogP contribution in [0.15, 0.2) is 23.3 Å². The minimum absolute atomic E-state index is 0.210. The fourth-order valence-corrected chi connectivity index (χ4v) is 8.80. The second-order valence-electron chi connectivity index (χ2n) is 8.23. The fraction of sp³-hybridized carbons (Fsp3) is 0.588. The van der Waals surface area contributed by atoms with Gasteiger partial charge < -0.3 is 0 Å². The molecule has 9 atom stereocenters. The van der Waals surface area contributed by atoms with E-state index >= 15 is 0 Å². The van der Waals surface area contributed by atoms with Gasteiger partial charge in [0.25, 0.3) is 5.69 Å². The van der Waals surface area contributed by atoms with Gasteiger partial charge in [0.2, 0.25) is 0 Å². The lowest BCUT2D eigenvalue weighted by Crippen LogP contribution is -2.30. The molecule has 6 saturated carbocycles. The summed E-state index contributed by atoms with van der Waals surface area (Å²) in [5, 5.41) is 26.8. The number of hydrogen-bond acceptors (Lipinski definition) is 6. The summed E-state index contributed by atoms with van der Waals surface area (Å²) in [6, 6.07) is 3.63. The average Bonchev–Trinajstić information content (AvgIpc) is 3.35. The van der Waals surface area contributed by atoms with Crippen molar-refractivity contribution in [1.82, 2.24) is 0 Å². The molecule has 6 aliphatic carbocycles. The molecule has 9 heteroatoms. The molecule has 26 heavy (non-hydrogen) atoms.